The Morgan fingerprint density at radius 2 is 2.33 bits per heavy atom. The molecule has 0 saturated heterocycles. The first-order valence-electron chi connectivity index (χ1n) is 4.75. The predicted molar refractivity (Wildman–Crippen MR) is 59.1 cm³/mol. The average molecular weight is 201 g/mol. The summed E-state index contributed by atoms with van der Waals surface area (Å²) in [6, 6.07) is 7.97. The van der Waals surface area contributed by atoms with Crippen LogP contribution in [-0.4, -0.2) is 18.8 Å². The Balaban J connectivity index is 2.02. The third kappa shape index (κ3) is 2.34. The van der Waals surface area contributed by atoms with Gasteiger partial charge in [0.1, 0.15) is 12.2 Å². The van der Waals surface area contributed by atoms with E-state index in [0.29, 0.717) is 0 Å². The maximum absolute atomic E-state index is 9.95. The van der Waals surface area contributed by atoms with Crippen molar-refractivity contribution >= 4 is 17.7 Å². The number of fused-ring (bicyclic) bond motifs is 1. The van der Waals surface area contributed by atoms with Crippen LogP contribution in [0.4, 0.5) is 5.69 Å². The van der Waals surface area contributed by atoms with Crippen LogP contribution in [0, 0.1) is 0 Å². The van der Waals surface area contributed by atoms with Crippen LogP contribution in [-0.2, 0) is 9.53 Å². The molecule has 0 fully saturated rings. The number of anilines is 1. The van der Waals surface area contributed by atoms with Gasteiger partial charge in [0.25, 0.3) is 0 Å². The summed E-state index contributed by atoms with van der Waals surface area (Å²) in [4.78, 5) is 9.95. The van der Waals surface area contributed by atoms with Crippen LogP contribution in [0.25, 0.3) is 6.08 Å². The summed E-state index contributed by atoms with van der Waals surface area (Å²) >= 11 is 0. The van der Waals surface area contributed by atoms with E-state index in [4.69, 9.17) is 4.74 Å². The second-order valence-corrected chi connectivity index (χ2v) is 3.17. The summed E-state index contributed by atoms with van der Waals surface area (Å²) in [7, 11) is 0. The number of hydrogen-bond donors (Lipinski definition) is 1. The summed E-state index contributed by atoms with van der Waals surface area (Å²) in [5.74, 6) is 1.67. The van der Waals surface area contributed by atoms with Crippen molar-refractivity contribution in [2.75, 3.05) is 11.9 Å². The molecule has 3 nitrogen and oxygen atoms in total. The van der Waals surface area contributed by atoms with E-state index in [-0.39, 0.29) is 12.8 Å². The molecule has 0 aliphatic carbocycles. The van der Waals surface area contributed by atoms with Gasteiger partial charge in [0.05, 0.1) is 6.61 Å². The van der Waals surface area contributed by atoms with Crippen LogP contribution >= 0.6 is 0 Å². The van der Waals surface area contributed by atoms with Gasteiger partial charge >= 0.3 is 0 Å². The highest BCUT2D eigenvalue weighted by Gasteiger charge is 2.10. The van der Waals surface area contributed by atoms with Gasteiger partial charge in [-0.3, -0.25) is 0 Å². The molecule has 1 N–H and O–H groups in total. The molecule has 0 spiro atoms. The minimum Gasteiger partial charge on any atom is -0.356 e. The molecule has 0 amide bonds. The Bertz CT molecular complexity index is 419. The summed E-state index contributed by atoms with van der Waals surface area (Å²) in [6.07, 6.45) is 5.06. The summed E-state index contributed by atoms with van der Waals surface area (Å²) in [5.41, 5.74) is 2.18. The Morgan fingerprint density at radius 1 is 1.47 bits per heavy atom. The number of ether oxygens (including phenoxy) is 1. The number of carbonyl (C=O) groups excluding carboxylic acids is 1. The molecule has 1 atom stereocenters. The maximum atomic E-state index is 9.95. The molecule has 1 aromatic carbocycles. The Morgan fingerprint density at radius 3 is 3.20 bits per heavy atom. The molecular formula is C12H11NO2. The van der Waals surface area contributed by atoms with Gasteiger partial charge in [-0.15, -0.1) is 0 Å². The van der Waals surface area contributed by atoms with Gasteiger partial charge in [0, 0.05) is 11.8 Å². The van der Waals surface area contributed by atoms with Crippen LogP contribution in [0.2, 0.25) is 0 Å². The first-order chi connectivity index (χ1) is 7.40. The fraction of sp³-hybridized carbons (Fsp3) is 0.167. The average Bonchev–Trinajstić information content (AvgIpc) is 2.29. The standard InChI is InChI=1S/C12H11NO2/c14-8-3-9-15-12-7-6-10-4-1-2-5-11(10)13-12/h1-7,12-13H,9H2. The van der Waals surface area contributed by atoms with Crippen molar-refractivity contribution in [3.05, 3.63) is 42.0 Å². The summed E-state index contributed by atoms with van der Waals surface area (Å²) in [5, 5.41) is 3.20. The molecule has 3 heteroatoms. The largest absolute Gasteiger partial charge is 0.356 e. The van der Waals surface area contributed by atoms with Gasteiger partial charge in [0.2, 0.25) is 0 Å². The molecule has 0 aromatic heterocycles. The van der Waals surface area contributed by atoms with Crippen LogP contribution in [0.1, 0.15) is 5.56 Å². The van der Waals surface area contributed by atoms with Crippen LogP contribution < -0.4 is 5.32 Å². The normalized spacial score (nSPS) is 17.5. The molecule has 1 unspecified atom stereocenters. The molecule has 15 heavy (non-hydrogen) atoms. The van der Waals surface area contributed by atoms with Crippen molar-refractivity contribution < 1.29 is 9.53 Å². The molecule has 1 aromatic rings. The molecule has 0 saturated carbocycles. The third-order valence-corrected chi connectivity index (χ3v) is 2.15. The van der Waals surface area contributed by atoms with E-state index in [1.807, 2.05) is 36.4 Å². The van der Waals surface area contributed by atoms with Crippen molar-refractivity contribution in [1.82, 2.24) is 0 Å². The second-order valence-electron chi connectivity index (χ2n) is 3.17. The number of rotatable bonds is 3. The topological polar surface area (TPSA) is 38.3 Å². The molecule has 1 aliphatic rings. The summed E-state index contributed by atoms with van der Waals surface area (Å²) < 4.78 is 5.36. The molecule has 1 aliphatic heterocycles. The van der Waals surface area contributed by atoms with Gasteiger partial charge < -0.3 is 10.1 Å². The van der Waals surface area contributed by atoms with E-state index in [9.17, 15) is 4.79 Å². The fourth-order valence-corrected chi connectivity index (χ4v) is 1.45. The zero-order valence-electron chi connectivity index (χ0n) is 8.14. The van der Waals surface area contributed by atoms with Gasteiger partial charge in [-0.2, -0.15) is 0 Å². The SMILES string of the molecule is O=C=CCOC1C=Cc2ccccc2N1. The lowest BCUT2D eigenvalue weighted by Gasteiger charge is -2.21. The van der Waals surface area contributed by atoms with Crippen molar-refractivity contribution in [3.8, 4) is 0 Å². The van der Waals surface area contributed by atoms with E-state index < -0.39 is 0 Å². The van der Waals surface area contributed by atoms with Gasteiger partial charge in [0.15, 0.2) is 0 Å². The number of para-hydroxylation sites is 1. The molecule has 2 rings (SSSR count). The molecule has 1 heterocycles. The quantitative estimate of drug-likeness (QED) is 0.758. The van der Waals surface area contributed by atoms with E-state index in [0.717, 1.165) is 11.3 Å². The van der Waals surface area contributed by atoms with E-state index >= 15 is 0 Å². The molecule has 0 radical (unpaired) electrons. The van der Waals surface area contributed by atoms with E-state index in [1.165, 1.54) is 6.08 Å². The van der Waals surface area contributed by atoms with Crippen LogP contribution in [0.15, 0.2) is 36.4 Å². The minimum atomic E-state index is -0.176. The highest BCUT2D eigenvalue weighted by molar-refractivity contribution is 5.70. The summed E-state index contributed by atoms with van der Waals surface area (Å²) in [6.45, 7) is 0.272. The number of hydrogen-bond acceptors (Lipinski definition) is 3. The van der Waals surface area contributed by atoms with Crippen molar-refractivity contribution in [3.63, 3.8) is 0 Å². The van der Waals surface area contributed by atoms with E-state index in [2.05, 4.69) is 5.32 Å². The number of nitrogens with one attached hydrogen (secondary N) is 1. The minimum absolute atomic E-state index is 0.176. The van der Waals surface area contributed by atoms with Crippen molar-refractivity contribution in [1.29, 1.82) is 0 Å². The first-order valence-corrected chi connectivity index (χ1v) is 4.75. The lowest BCUT2D eigenvalue weighted by Crippen LogP contribution is -2.23. The van der Waals surface area contributed by atoms with Gasteiger partial charge in [-0.05, 0) is 17.7 Å². The lowest BCUT2D eigenvalue weighted by atomic mass is 10.1. The van der Waals surface area contributed by atoms with Crippen LogP contribution in [0.3, 0.4) is 0 Å². The van der Waals surface area contributed by atoms with Gasteiger partial charge in [-0.25, -0.2) is 4.79 Å². The van der Waals surface area contributed by atoms with Crippen molar-refractivity contribution in [2.24, 2.45) is 0 Å². The Hall–Kier alpha value is -1.83. The molecular weight excluding hydrogens is 190 g/mol. The third-order valence-electron chi connectivity index (χ3n) is 2.15. The highest BCUT2D eigenvalue weighted by atomic mass is 16.5. The number of benzene rings is 1. The monoisotopic (exact) mass is 201 g/mol. The highest BCUT2D eigenvalue weighted by Crippen LogP contribution is 2.22. The smallest absolute Gasteiger partial charge is 0.147 e. The Labute approximate surface area is 88.1 Å². The molecule has 76 valence electrons. The van der Waals surface area contributed by atoms with E-state index in [1.54, 1.807) is 5.94 Å². The molecule has 0 bridgehead atoms. The van der Waals surface area contributed by atoms with Gasteiger partial charge in [-0.1, -0.05) is 24.3 Å². The van der Waals surface area contributed by atoms with Crippen LogP contribution in [0.5, 0.6) is 0 Å². The first kappa shape index (κ1) is 9.71. The lowest BCUT2D eigenvalue weighted by molar-refractivity contribution is 0.129. The zero-order chi connectivity index (χ0) is 10.5. The second kappa shape index (κ2) is 4.60. The van der Waals surface area contributed by atoms with Crippen molar-refractivity contribution in [2.45, 2.75) is 6.23 Å². The fourth-order valence-electron chi connectivity index (χ4n) is 1.45. The zero-order valence-corrected chi connectivity index (χ0v) is 8.14. The maximum Gasteiger partial charge on any atom is 0.147 e. The predicted octanol–water partition coefficient (Wildman–Crippen LogP) is 1.86. The Kier molecular flexibility index (Phi) is 2.98.